The van der Waals surface area contributed by atoms with Crippen LogP contribution < -0.4 is 4.80 Å². The van der Waals surface area contributed by atoms with E-state index in [2.05, 4.69) is 30.8 Å². The summed E-state index contributed by atoms with van der Waals surface area (Å²) in [6.45, 7) is 10.9. The summed E-state index contributed by atoms with van der Waals surface area (Å²) in [7, 11) is 0. The first kappa shape index (κ1) is 17.5. The van der Waals surface area contributed by atoms with Crippen LogP contribution in [0.15, 0.2) is 50.4 Å². The molecule has 0 aliphatic heterocycles. The van der Waals surface area contributed by atoms with Crippen LogP contribution in [0.3, 0.4) is 0 Å². The van der Waals surface area contributed by atoms with Crippen LogP contribution in [0.25, 0.3) is 11.5 Å². The third kappa shape index (κ3) is 4.79. The van der Waals surface area contributed by atoms with E-state index in [1.807, 2.05) is 23.7 Å². The lowest BCUT2D eigenvalue weighted by Crippen LogP contribution is -2.15. The monoisotopic (exact) mass is 331 g/mol. The number of nitrogens with zero attached hydrogens (tertiary/aromatic N) is 3. The second-order valence-corrected chi connectivity index (χ2v) is 6.47. The zero-order valence-corrected chi connectivity index (χ0v) is 15.0. The van der Waals surface area contributed by atoms with Gasteiger partial charge in [0.25, 0.3) is 0 Å². The minimum Gasteiger partial charge on any atom is -0.463 e. The highest BCUT2D eigenvalue weighted by atomic mass is 32.1. The molecule has 0 saturated carbocycles. The molecule has 23 heavy (non-hydrogen) atoms. The van der Waals surface area contributed by atoms with Crippen molar-refractivity contribution in [2.24, 2.45) is 10.1 Å². The summed E-state index contributed by atoms with van der Waals surface area (Å²) >= 11 is 1.58. The molecule has 124 valence electrons. The van der Waals surface area contributed by atoms with E-state index < -0.39 is 0 Å². The molecule has 0 spiro atoms. The number of furan rings is 1. The van der Waals surface area contributed by atoms with Crippen LogP contribution in [0.1, 0.15) is 46.5 Å². The maximum Gasteiger partial charge on any atom is 0.206 e. The fourth-order valence-corrected chi connectivity index (χ4v) is 3.06. The first-order valence-corrected chi connectivity index (χ1v) is 8.99. The first-order chi connectivity index (χ1) is 11.2. The lowest BCUT2D eigenvalue weighted by atomic mass is 10.1. The van der Waals surface area contributed by atoms with Crippen molar-refractivity contribution < 1.29 is 4.42 Å². The maximum atomic E-state index is 5.56. The average molecular weight is 331 g/mol. The third-order valence-electron chi connectivity index (χ3n) is 3.26. The van der Waals surface area contributed by atoms with Crippen LogP contribution in [0, 0.1) is 0 Å². The van der Waals surface area contributed by atoms with Gasteiger partial charge in [-0.25, -0.2) is 4.68 Å². The Morgan fingerprint density at radius 1 is 1.30 bits per heavy atom. The zero-order chi connectivity index (χ0) is 16.7. The van der Waals surface area contributed by atoms with E-state index in [1.54, 1.807) is 17.6 Å². The number of hydrogen-bond donors (Lipinski definition) is 0. The molecule has 0 atom stereocenters. The molecule has 2 heterocycles. The Morgan fingerprint density at radius 2 is 2.04 bits per heavy atom. The van der Waals surface area contributed by atoms with Gasteiger partial charge in [0, 0.05) is 11.1 Å². The van der Waals surface area contributed by atoms with E-state index in [9.17, 15) is 0 Å². The molecular weight excluding hydrogens is 306 g/mol. The molecular formula is C18H25N3OS. The average Bonchev–Trinajstić information content (AvgIpc) is 3.15. The van der Waals surface area contributed by atoms with E-state index >= 15 is 0 Å². The Bertz CT molecular complexity index is 712. The van der Waals surface area contributed by atoms with Crippen LogP contribution in [0.5, 0.6) is 0 Å². The molecule has 5 heteroatoms. The molecule has 0 N–H and O–H groups in total. The van der Waals surface area contributed by atoms with Crippen molar-refractivity contribution in [2.75, 3.05) is 6.54 Å². The molecule has 0 saturated heterocycles. The Kier molecular flexibility index (Phi) is 6.59. The molecule has 0 aromatic carbocycles. The van der Waals surface area contributed by atoms with Gasteiger partial charge in [-0.15, -0.1) is 11.3 Å². The van der Waals surface area contributed by atoms with Crippen LogP contribution >= 0.6 is 11.3 Å². The van der Waals surface area contributed by atoms with Gasteiger partial charge < -0.3 is 4.42 Å². The van der Waals surface area contributed by atoms with Gasteiger partial charge in [-0.05, 0) is 31.9 Å². The van der Waals surface area contributed by atoms with E-state index in [0.717, 1.165) is 47.5 Å². The Hall–Kier alpha value is -1.88. The molecule has 2 rings (SSSR count). The second kappa shape index (κ2) is 8.67. The lowest BCUT2D eigenvalue weighted by Gasteiger charge is -2.06. The smallest absolute Gasteiger partial charge is 0.206 e. The van der Waals surface area contributed by atoms with Crippen LogP contribution in [0.4, 0.5) is 0 Å². The summed E-state index contributed by atoms with van der Waals surface area (Å²) in [5, 5.41) is 6.94. The van der Waals surface area contributed by atoms with E-state index in [0.29, 0.717) is 6.54 Å². The molecule has 0 aliphatic rings. The minimum absolute atomic E-state index is 0.616. The topological polar surface area (TPSA) is 42.8 Å². The van der Waals surface area contributed by atoms with Crippen LogP contribution in [-0.4, -0.2) is 16.9 Å². The van der Waals surface area contributed by atoms with Gasteiger partial charge in [-0.2, -0.15) is 5.10 Å². The highest BCUT2D eigenvalue weighted by Gasteiger charge is 2.11. The van der Waals surface area contributed by atoms with Gasteiger partial charge in [-0.1, -0.05) is 38.8 Å². The van der Waals surface area contributed by atoms with E-state index in [4.69, 9.17) is 9.52 Å². The lowest BCUT2D eigenvalue weighted by molar-refractivity contribution is 0.575. The standard InChI is InChI=1S/C18H25N3OS/c1-5-8-15(9-6-2)20-21-16(17-10-7-11-22-17)13-23-18(21)19-12-14(3)4/h7,10-11,13H,3,5-6,8-9,12H2,1-2,4H3. The fraction of sp³-hybridized carbons (Fsp3) is 0.444. The van der Waals surface area contributed by atoms with Gasteiger partial charge in [0.05, 0.1) is 12.8 Å². The van der Waals surface area contributed by atoms with Crippen molar-refractivity contribution in [1.82, 2.24) is 4.68 Å². The van der Waals surface area contributed by atoms with Gasteiger partial charge in [0.15, 0.2) is 5.76 Å². The van der Waals surface area contributed by atoms with Crippen LogP contribution in [-0.2, 0) is 0 Å². The molecule has 0 bridgehead atoms. The highest BCUT2D eigenvalue weighted by Crippen LogP contribution is 2.21. The van der Waals surface area contributed by atoms with Crippen LogP contribution in [0.2, 0.25) is 0 Å². The number of hydrogen-bond acceptors (Lipinski definition) is 4. The molecule has 2 aromatic heterocycles. The highest BCUT2D eigenvalue weighted by molar-refractivity contribution is 7.07. The number of aromatic nitrogens is 1. The van der Waals surface area contributed by atoms with Crippen molar-refractivity contribution in [1.29, 1.82) is 0 Å². The Labute approximate surface area is 141 Å². The van der Waals surface area contributed by atoms with Gasteiger partial charge in [0.2, 0.25) is 4.80 Å². The predicted molar refractivity (Wildman–Crippen MR) is 97.9 cm³/mol. The zero-order valence-electron chi connectivity index (χ0n) is 14.2. The normalized spacial score (nSPS) is 11.7. The molecule has 0 aliphatic carbocycles. The summed E-state index contributed by atoms with van der Waals surface area (Å²) in [6, 6.07) is 3.85. The minimum atomic E-state index is 0.616. The summed E-state index contributed by atoms with van der Waals surface area (Å²) in [5.41, 5.74) is 3.19. The second-order valence-electron chi connectivity index (χ2n) is 5.63. The fourth-order valence-electron chi connectivity index (χ4n) is 2.25. The number of thiazole rings is 1. The Morgan fingerprint density at radius 3 is 2.61 bits per heavy atom. The SMILES string of the molecule is C=C(C)CN=c1scc(-c2ccco2)n1N=C(CCC)CCC. The first-order valence-electron chi connectivity index (χ1n) is 8.11. The predicted octanol–water partition coefficient (Wildman–Crippen LogP) is 5.09. The molecule has 0 fully saturated rings. The molecule has 2 aromatic rings. The summed E-state index contributed by atoms with van der Waals surface area (Å²) < 4.78 is 7.48. The summed E-state index contributed by atoms with van der Waals surface area (Å²) in [4.78, 5) is 5.52. The third-order valence-corrected chi connectivity index (χ3v) is 4.12. The largest absolute Gasteiger partial charge is 0.463 e. The quantitative estimate of drug-likeness (QED) is 0.490. The van der Waals surface area contributed by atoms with Gasteiger partial charge >= 0.3 is 0 Å². The van der Waals surface area contributed by atoms with Crippen molar-refractivity contribution in [3.05, 3.63) is 40.7 Å². The molecule has 0 amide bonds. The van der Waals surface area contributed by atoms with Crippen molar-refractivity contribution in [3.8, 4) is 11.5 Å². The number of rotatable bonds is 8. The summed E-state index contributed by atoms with van der Waals surface area (Å²) in [6.07, 6.45) is 5.89. The Balaban J connectivity index is 2.52. The van der Waals surface area contributed by atoms with Crippen molar-refractivity contribution in [3.63, 3.8) is 0 Å². The maximum absolute atomic E-state index is 5.56. The van der Waals surface area contributed by atoms with E-state index in [1.165, 1.54) is 5.71 Å². The molecule has 4 nitrogen and oxygen atoms in total. The molecule has 0 radical (unpaired) electrons. The van der Waals surface area contributed by atoms with Gasteiger partial charge in [-0.3, -0.25) is 4.99 Å². The summed E-state index contributed by atoms with van der Waals surface area (Å²) in [5.74, 6) is 0.814. The van der Waals surface area contributed by atoms with Crippen molar-refractivity contribution in [2.45, 2.75) is 46.5 Å². The molecule has 0 unspecified atom stereocenters. The van der Waals surface area contributed by atoms with Crippen molar-refractivity contribution >= 4 is 17.0 Å². The van der Waals surface area contributed by atoms with Gasteiger partial charge in [0.1, 0.15) is 5.69 Å². The van der Waals surface area contributed by atoms with E-state index in [-0.39, 0.29) is 0 Å².